The first kappa shape index (κ1) is 10.7. The summed E-state index contributed by atoms with van der Waals surface area (Å²) < 4.78 is 13.2. The minimum Gasteiger partial charge on any atom is -0.368 e. The van der Waals surface area contributed by atoms with E-state index in [2.05, 4.69) is 15.3 Å². The monoisotopic (exact) mass is 198 g/mol. The molecule has 0 aliphatic carbocycles. The fraction of sp³-hybridized carbons (Fsp3) is 0.556. The zero-order valence-electron chi connectivity index (χ0n) is 8.63. The van der Waals surface area contributed by atoms with Crippen molar-refractivity contribution in [1.82, 2.24) is 9.97 Å². The van der Waals surface area contributed by atoms with Crippen molar-refractivity contribution in [2.24, 2.45) is 0 Å². The third-order valence-electron chi connectivity index (χ3n) is 2.10. The molecule has 0 fully saturated rings. The molecule has 14 heavy (non-hydrogen) atoms. The predicted molar refractivity (Wildman–Crippen MR) is 54.4 cm³/mol. The number of hydrogen-bond acceptors (Lipinski definition) is 4. The molecule has 0 radical (unpaired) electrons. The summed E-state index contributed by atoms with van der Waals surface area (Å²) in [4.78, 5) is 7.33. The second kappa shape index (κ2) is 3.77. The second-order valence-corrected chi connectivity index (χ2v) is 3.79. The van der Waals surface area contributed by atoms with E-state index in [0.29, 0.717) is 0 Å². The van der Waals surface area contributed by atoms with E-state index in [1.165, 1.54) is 0 Å². The van der Waals surface area contributed by atoms with Crippen LogP contribution in [0.2, 0.25) is 0 Å². The fourth-order valence-corrected chi connectivity index (χ4v) is 0.877. The number of aromatic nitrogens is 2. The van der Waals surface area contributed by atoms with E-state index in [1.807, 2.05) is 20.8 Å². The summed E-state index contributed by atoms with van der Waals surface area (Å²) in [5.74, 6) is -0.258. The summed E-state index contributed by atoms with van der Waals surface area (Å²) in [7, 11) is 0. The molecule has 78 valence electrons. The number of nitrogens with zero attached hydrogens (tertiary/aromatic N) is 2. The van der Waals surface area contributed by atoms with Gasteiger partial charge in [0.15, 0.2) is 11.6 Å². The van der Waals surface area contributed by atoms with E-state index in [4.69, 9.17) is 5.73 Å². The SMILES string of the molecule is CCC(C)(C)Nc1nc(N)ncc1F. The molecule has 0 amide bonds. The van der Waals surface area contributed by atoms with Crippen molar-refractivity contribution in [2.45, 2.75) is 32.7 Å². The lowest BCUT2D eigenvalue weighted by molar-refractivity contribution is 0.532. The largest absolute Gasteiger partial charge is 0.368 e. The molecule has 0 aliphatic heterocycles. The summed E-state index contributed by atoms with van der Waals surface area (Å²) in [6.45, 7) is 5.94. The Labute approximate surface area is 82.8 Å². The average Bonchev–Trinajstić information content (AvgIpc) is 2.11. The van der Waals surface area contributed by atoms with Gasteiger partial charge in [0, 0.05) is 5.54 Å². The summed E-state index contributed by atoms with van der Waals surface area (Å²) in [5, 5.41) is 2.97. The summed E-state index contributed by atoms with van der Waals surface area (Å²) >= 11 is 0. The van der Waals surface area contributed by atoms with Crippen molar-refractivity contribution in [1.29, 1.82) is 0 Å². The van der Waals surface area contributed by atoms with E-state index < -0.39 is 5.82 Å². The summed E-state index contributed by atoms with van der Waals surface area (Å²) in [6, 6.07) is 0. The number of anilines is 2. The molecule has 5 heteroatoms. The molecule has 0 atom stereocenters. The van der Waals surface area contributed by atoms with E-state index >= 15 is 0 Å². The third-order valence-corrected chi connectivity index (χ3v) is 2.10. The number of nitrogen functional groups attached to an aromatic ring is 1. The maximum absolute atomic E-state index is 13.2. The van der Waals surface area contributed by atoms with Crippen LogP contribution in [0.5, 0.6) is 0 Å². The minimum atomic E-state index is -0.485. The Morgan fingerprint density at radius 3 is 2.79 bits per heavy atom. The summed E-state index contributed by atoms with van der Waals surface area (Å²) in [5.41, 5.74) is 5.15. The molecule has 0 bridgehead atoms. The molecular weight excluding hydrogens is 183 g/mol. The normalized spacial score (nSPS) is 11.4. The number of halogens is 1. The van der Waals surface area contributed by atoms with Crippen molar-refractivity contribution in [3.63, 3.8) is 0 Å². The Morgan fingerprint density at radius 2 is 2.21 bits per heavy atom. The van der Waals surface area contributed by atoms with Crippen molar-refractivity contribution in [3.05, 3.63) is 12.0 Å². The Bertz CT molecular complexity index is 325. The Kier molecular flexibility index (Phi) is 2.88. The van der Waals surface area contributed by atoms with Gasteiger partial charge < -0.3 is 11.1 Å². The molecule has 4 nitrogen and oxygen atoms in total. The first-order valence-electron chi connectivity index (χ1n) is 4.51. The molecule has 0 saturated heterocycles. The van der Waals surface area contributed by atoms with E-state index in [1.54, 1.807) is 0 Å². The van der Waals surface area contributed by atoms with E-state index in [0.717, 1.165) is 12.6 Å². The number of hydrogen-bond donors (Lipinski definition) is 2. The van der Waals surface area contributed by atoms with Crippen LogP contribution in [-0.2, 0) is 0 Å². The highest BCUT2D eigenvalue weighted by molar-refractivity contribution is 5.41. The minimum absolute atomic E-state index is 0.0702. The Balaban J connectivity index is 2.91. The van der Waals surface area contributed by atoms with Gasteiger partial charge in [-0.3, -0.25) is 0 Å². The van der Waals surface area contributed by atoms with Crippen molar-refractivity contribution >= 4 is 11.8 Å². The van der Waals surface area contributed by atoms with Gasteiger partial charge in [0.05, 0.1) is 6.20 Å². The summed E-state index contributed by atoms with van der Waals surface area (Å²) in [6.07, 6.45) is 1.92. The molecule has 3 N–H and O–H groups in total. The Hall–Kier alpha value is -1.39. The second-order valence-electron chi connectivity index (χ2n) is 3.79. The molecule has 0 aliphatic rings. The highest BCUT2D eigenvalue weighted by Crippen LogP contribution is 2.18. The molecule has 0 saturated carbocycles. The quantitative estimate of drug-likeness (QED) is 0.777. The standard InChI is InChI=1S/C9H15FN4/c1-4-9(2,3)14-7-6(10)5-12-8(11)13-7/h5H,4H2,1-3H3,(H3,11,12,13,14). The van der Waals surface area contributed by atoms with Gasteiger partial charge >= 0.3 is 0 Å². The van der Waals surface area contributed by atoms with Crippen molar-refractivity contribution in [2.75, 3.05) is 11.1 Å². The van der Waals surface area contributed by atoms with Gasteiger partial charge in [-0.1, -0.05) is 6.92 Å². The highest BCUT2D eigenvalue weighted by atomic mass is 19.1. The molecule has 0 spiro atoms. The average molecular weight is 198 g/mol. The lowest BCUT2D eigenvalue weighted by atomic mass is 10.0. The van der Waals surface area contributed by atoms with E-state index in [-0.39, 0.29) is 17.3 Å². The Morgan fingerprint density at radius 1 is 1.57 bits per heavy atom. The van der Waals surface area contributed by atoms with Gasteiger partial charge in [0.2, 0.25) is 5.95 Å². The van der Waals surface area contributed by atoms with Crippen molar-refractivity contribution < 1.29 is 4.39 Å². The van der Waals surface area contributed by atoms with Crippen LogP contribution in [0.25, 0.3) is 0 Å². The van der Waals surface area contributed by atoms with Crippen molar-refractivity contribution in [3.8, 4) is 0 Å². The smallest absolute Gasteiger partial charge is 0.222 e. The third kappa shape index (κ3) is 2.55. The number of rotatable bonds is 3. The van der Waals surface area contributed by atoms with Crippen LogP contribution in [0.4, 0.5) is 16.2 Å². The van der Waals surface area contributed by atoms with Crippen LogP contribution < -0.4 is 11.1 Å². The molecule has 1 aromatic heterocycles. The van der Waals surface area contributed by atoms with Crippen LogP contribution in [-0.4, -0.2) is 15.5 Å². The first-order valence-corrected chi connectivity index (χ1v) is 4.51. The van der Waals surface area contributed by atoms with Crippen LogP contribution in [0.15, 0.2) is 6.20 Å². The number of nitrogens with one attached hydrogen (secondary N) is 1. The van der Waals surface area contributed by atoms with Crippen LogP contribution >= 0.6 is 0 Å². The zero-order chi connectivity index (χ0) is 10.8. The van der Waals surface area contributed by atoms with Gasteiger partial charge in [-0.25, -0.2) is 9.37 Å². The van der Waals surface area contributed by atoms with Crippen LogP contribution in [0.3, 0.4) is 0 Å². The zero-order valence-corrected chi connectivity index (χ0v) is 8.63. The molecule has 1 rings (SSSR count). The van der Waals surface area contributed by atoms with Crippen LogP contribution in [0, 0.1) is 5.82 Å². The van der Waals surface area contributed by atoms with Gasteiger partial charge in [-0.15, -0.1) is 0 Å². The topological polar surface area (TPSA) is 63.8 Å². The maximum atomic E-state index is 13.2. The van der Waals surface area contributed by atoms with Crippen LogP contribution in [0.1, 0.15) is 27.2 Å². The highest BCUT2D eigenvalue weighted by Gasteiger charge is 2.17. The fourth-order valence-electron chi connectivity index (χ4n) is 0.877. The number of nitrogens with two attached hydrogens (primary N) is 1. The van der Waals surface area contributed by atoms with E-state index in [9.17, 15) is 4.39 Å². The first-order chi connectivity index (χ1) is 6.44. The van der Waals surface area contributed by atoms with Gasteiger partial charge in [0.1, 0.15) is 0 Å². The molecular formula is C9H15FN4. The van der Waals surface area contributed by atoms with Gasteiger partial charge in [0.25, 0.3) is 0 Å². The molecule has 1 heterocycles. The molecule has 0 unspecified atom stereocenters. The molecule has 0 aromatic carbocycles. The van der Waals surface area contributed by atoms with Gasteiger partial charge in [-0.2, -0.15) is 4.98 Å². The lowest BCUT2D eigenvalue weighted by Crippen LogP contribution is -2.30. The predicted octanol–water partition coefficient (Wildman–Crippen LogP) is 1.80. The lowest BCUT2D eigenvalue weighted by Gasteiger charge is -2.25. The molecule has 1 aromatic rings. The maximum Gasteiger partial charge on any atom is 0.222 e. The van der Waals surface area contributed by atoms with Gasteiger partial charge in [-0.05, 0) is 20.3 Å².